The molecule has 14 heavy (non-hydrogen) atoms. The lowest BCUT2D eigenvalue weighted by molar-refractivity contribution is 0.361. The van der Waals surface area contributed by atoms with Gasteiger partial charge in [0.1, 0.15) is 5.52 Å². The highest BCUT2D eigenvalue weighted by molar-refractivity contribution is 6.31. The summed E-state index contributed by atoms with van der Waals surface area (Å²) in [5.74, 6) is 0.846. The Morgan fingerprint density at radius 2 is 2.29 bits per heavy atom. The number of fused-ring (bicyclic) bond motifs is 1. The van der Waals surface area contributed by atoms with Gasteiger partial charge in [0.05, 0.1) is 6.04 Å². The van der Waals surface area contributed by atoms with Gasteiger partial charge in [-0.05, 0) is 32.2 Å². The van der Waals surface area contributed by atoms with Crippen molar-refractivity contribution in [1.82, 2.24) is 10.5 Å². The van der Waals surface area contributed by atoms with Crippen LogP contribution in [0.3, 0.4) is 0 Å². The van der Waals surface area contributed by atoms with Crippen molar-refractivity contribution in [3.05, 3.63) is 29.0 Å². The Balaban J connectivity index is 2.58. The lowest BCUT2D eigenvalue weighted by Crippen LogP contribution is -2.11. The predicted molar refractivity (Wildman–Crippen MR) is 56.5 cm³/mol. The van der Waals surface area contributed by atoms with Crippen molar-refractivity contribution in [2.45, 2.75) is 13.0 Å². The van der Waals surface area contributed by atoms with Gasteiger partial charge in [0.25, 0.3) is 0 Å². The summed E-state index contributed by atoms with van der Waals surface area (Å²) in [6.07, 6.45) is 0. The normalized spacial score (nSPS) is 13.4. The van der Waals surface area contributed by atoms with Gasteiger partial charge in [-0.3, -0.25) is 0 Å². The fourth-order valence-corrected chi connectivity index (χ4v) is 1.55. The van der Waals surface area contributed by atoms with Gasteiger partial charge >= 0.3 is 0 Å². The summed E-state index contributed by atoms with van der Waals surface area (Å²) >= 11 is 5.84. The van der Waals surface area contributed by atoms with Crippen LogP contribution in [0, 0.1) is 0 Å². The van der Waals surface area contributed by atoms with Crippen LogP contribution in [-0.2, 0) is 0 Å². The average molecular weight is 211 g/mol. The van der Waals surface area contributed by atoms with E-state index in [0.29, 0.717) is 5.02 Å². The Morgan fingerprint density at radius 1 is 1.50 bits per heavy atom. The largest absolute Gasteiger partial charge is 0.358 e. The molecule has 1 aromatic carbocycles. The average Bonchev–Trinajstić information content (AvgIpc) is 2.59. The molecule has 0 saturated heterocycles. The van der Waals surface area contributed by atoms with Crippen LogP contribution in [0.2, 0.25) is 5.02 Å². The molecule has 0 aliphatic heterocycles. The molecule has 0 radical (unpaired) electrons. The number of nitrogens with one attached hydrogen (secondary N) is 1. The number of hydrogen-bond acceptors (Lipinski definition) is 3. The molecule has 0 aliphatic rings. The molecule has 1 aromatic heterocycles. The molecule has 0 aliphatic carbocycles. The molecule has 0 spiro atoms. The highest BCUT2D eigenvalue weighted by Crippen LogP contribution is 2.25. The number of aromatic nitrogens is 1. The van der Waals surface area contributed by atoms with Gasteiger partial charge in [-0.1, -0.05) is 16.8 Å². The van der Waals surface area contributed by atoms with Gasteiger partial charge in [-0.15, -0.1) is 0 Å². The lowest BCUT2D eigenvalue weighted by Gasteiger charge is -2.04. The topological polar surface area (TPSA) is 38.1 Å². The van der Waals surface area contributed by atoms with Crippen LogP contribution < -0.4 is 5.32 Å². The highest BCUT2D eigenvalue weighted by atomic mass is 35.5. The maximum absolute atomic E-state index is 5.84. The number of rotatable bonds is 2. The molecular weight excluding hydrogens is 200 g/mol. The molecule has 2 rings (SSSR count). The third-order valence-electron chi connectivity index (χ3n) is 2.29. The van der Waals surface area contributed by atoms with Crippen molar-refractivity contribution in [2.24, 2.45) is 0 Å². The Morgan fingerprint density at radius 3 is 3.00 bits per heavy atom. The van der Waals surface area contributed by atoms with Gasteiger partial charge in [0.2, 0.25) is 0 Å². The van der Waals surface area contributed by atoms with Crippen LogP contribution in [0.25, 0.3) is 10.9 Å². The first-order valence-electron chi connectivity index (χ1n) is 4.44. The number of halogens is 1. The summed E-state index contributed by atoms with van der Waals surface area (Å²) < 4.78 is 5.25. The summed E-state index contributed by atoms with van der Waals surface area (Å²) in [6.45, 7) is 2.02. The monoisotopic (exact) mass is 210 g/mol. The maximum Gasteiger partial charge on any atom is 0.161 e. The van der Waals surface area contributed by atoms with Gasteiger partial charge < -0.3 is 9.84 Å². The lowest BCUT2D eigenvalue weighted by atomic mass is 10.1. The smallest absolute Gasteiger partial charge is 0.161 e. The van der Waals surface area contributed by atoms with E-state index in [2.05, 4.69) is 10.5 Å². The number of nitrogens with zero attached hydrogens (tertiary/aromatic N) is 1. The van der Waals surface area contributed by atoms with E-state index in [1.54, 1.807) is 6.07 Å². The van der Waals surface area contributed by atoms with E-state index in [9.17, 15) is 0 Å². The molecule has 0 bridgehead atoms. The molecule has 1 unspecified atom stereocenters. The van der Waals surface area contributed by atoms with Crippen molar-refractivity contribution in [1.29, 1.82) is 0 Å². The molecule has 0 amide bonds. The first kappa shape index (κ1) is 9.49. The molecule has 0 fully saturated rings. The van der Waals surface area contributed by atoms with Crippen LogP contribution in [-0.4, -0.2) is 12.2 Å². The number of hydrogen-bond donors (Lipinski definition) is 1. The zero-order valence-corrected chi connectivity index (χ0v) is 8.80. The van der Waals surface area contributed by atoms with Crippen molar-refractivity contribution in [3.63, 3.8) is 0 Å². The molecule has 2 aromatic rings. The zero-order valence-electron chi connectivity index (χ0n) is 8.04. The van der Waals surface area contributed by atoms with Crippen molar-refractivity contribution >= 4 is 22.5 Å². The standard InChI is InChI=1S/C10H11ClN2O/c1-6(12-2)10-8-4-3-7(11)5-9(8)13-14-10/h3-6,12H,1-2H3. The summed E-state index contributed by atoms with van der Waals surface area (Å²) in [5.41, 5.74) is 0.801. The van der Waals surface area contributed by atoms with E-state index < -0.39 is 0 Å². The van der Waals surface area contributed by atoms with E-state index in [-0.39, 0.29) is 6.04 Å². The fourth-order valence-electron chi connectivity index (χ4n) is 1.38. The quantitative estimate of drug-likeness (QED) is 0.829. The SMILES string of the molecule is CNC(C)c1onc2cc(Cl)ccc12. The molecule has 3 nitrogen and oxygen atoms in total. The Bertz CT molecular complexity index is 452. The minimum absolute atomic E-state index is 0.154. The van der Waals surface area contributed by atoms with Crippen LogP contribution in [0.1, 0.15) is 18.7 Å². The summed E-state index contributed by atoms with van der Waals surface area (Å²) in [6, 6.07) is 5.72. The second kappa shape index (κ2) is 3.59. The first-order chi connectivity index (χ1) is 6.72. The number of benzene rings is 1. The molecular formula is C10H11ClN2O. The second-order valence-corrected chi connectivity index (χ2v) is 3.66. The molecule has 0 saturated carbocycles. The van der Waals surface area contributed by atoms with E-state index in [0.717, 1.165) is 16.7 Å². The van der Waals surface area contributed by atoms with E-state index in [1.165, 1.54) is 0 Å². The van der Waals surface area contributed by atoms with Gasteiger partial charge in [-0.2, -0.15) is 0 Å². The molecule has 1 atom stereocenters. The second-order valence-electron chi connectivity index (χ2n) is 3.22. The van der Waals surface area contributed by atoms with Crippen LogP contribution in [0.5, 0.6) is 0 Å². The van der Waals surface area contributed by atoms with Crippen LogP contribution in [0.15, 0.2) is 22.7 Å². The fraction of sp³-hybridized carbons (Fsp3) is 0.300. The Labute approximate surface area is 87.0 Å². The third-order valence-corrected chi connectivity index (χ3v) is 2.53. The molecule has 1 heterocycles. The summed E-state index contributed by atoms with van der Waals surface area (Å²) in [7, 11) is 1.88. The van der Waals surface area contributed by atoms with Crippen LogP contribution >= 0.6 is 11.6 Å². The summed E-state index contributed by atoms with van der Waals surface area (Å²) in [5, 5.41) is 8.74. The molecule has 4 heteroatoms. The third kappa shape index (κ3) is 1.49. The van der Waals surface area contributed by atoms with Gasteiger partial charge in [-0.25, -0.2) is 0 Å². The predicted octanol–water partition coefficient (Wildman–Crippen LogP) is 2.76. The van der Waals surface area contributed by atoms with Crippen molar-refractivity contribution < 1.29 is 4.52 Å². The minimum atomic E-state index is 0.154. The van der Waals surface area contributed by atoms with Gasteiger partial charge in [0, 0.05) is 10.4 Å². The molecule has 1 N–H and O–H groups in total. The van der Waals surface area contributed by atoms with E-state index in [4.69, 9.17) is 16.1 Å². The first-order valence-corrected chi connectivity index (χ1v) is 4.82. The van der Waals surface area contributed by atoms with Crippen molar-refractivity contribution in [3.8, 4) is 0 Å². The summed E-state index contributed by atoms with van der Waals surface area (Å²) in [4.78, 5) is 0. The van der Waals surface area contributed by atoms with E-state index >= 15 is 0 Å². The van der Waals surface area contributed by atoms with Crippen LogP contribution in [0.4, 0.5) is 0 Å². The van der Waals surface area contributed by atoms with Crippen molar-refractivity contribution in [2.75, 3.05) is 7.05 Å². The maximum atomic E-state index is 5.84. The Hall–Kier alpha value is -1.06. The highest BCUT2D eigenvalue weighted by Gasteiger charge is 2.13. The Kier molecular flexibility index (Phi) is 2.44. The minimum Gasteiger partial charge on any atom is -0.358 e. The van der Waals surface area contributed by atoms with Gasteiger partial charge in [0.15, 0.2) is 5.76 Å². The zero-order chi connectivity index (χ0) is 10.1. The van der Waals surface area contributed by atoms with E-state index in [1.807, 2.05) is 26.1 Å². The molecule has 74 valence electrons.